The number of nitrogens with zero attached hydrogens (tertiary/aromatic N) is 3. The van der Waals surface area contributed by atoms with Crippen LogP contribution in [-0.4, -0.2) is 67.1 Å². The Balaban J connectivity index is 1.12. The molecule has 240 valence electrons. The van der Waals surface area contributed by atoms with Gasteiger partial charge < -0.3 is 23.7 Å². The van der Waals surface area contributed by atoms with Crippen molar-refractivity contribution in [3.05, 3.63) is 78.1 Å². The fraction of sp³-hybridized carbons (Fsp3) is 0.455. The number of benzene rings is 2. The maximum Gasteiger partial charge on any atom is 0.413 e. The topological polar surface area (TPSA) is 117 Å². The Kier molecular flexibility index (Phi) is 9.16. The lowest BCUT2D eigenvalue weighted by molar-refractivity contribution is -0.0518. The number of carbonyl (C=O) groups excluding carboxylic acids is 1. The van der Waals surface area contributed by atoms with Crippen LogP contribution in [-0.2, 0) is 32.5 Å². The molecule has 3 aromatic rings. The van der Waals surface area contributed by atoms with Crippen molar-refractivity contribution >= 4 is 16.1 Å². The third-order valence-electron chi connectivity index (χ3n) is 8.53. The lowest BCUT2D eigenvalue weighted by Gasteiger charge is -2.33. The quantitative estimate of drug-likeness (QED) is 0.257. The summed E-state index contributed by atoms with van der Waals surface area (Å²) in [5, 5.41) is 0. The Labute approximate surface area is 264 Å². The fourth-order valence-electron chi connectivity index (χ4n) is 6.12. The molecule has 2 fully saturated rings. The lowest BCUT2D eigenvalue weighted by Crippen LogP contribution is -2.50. The summed E-state index contributed by atoms with van der Waals surface area (Å²) in [6.45, 7) is 4.20. The molecule has 3 aliphatic rings. The molecule has 1 aliphatic carbocycles. The molecule has 6 rings (SSSR count). The van der Waals surface area contributed by atoms with Crippen LogP contribution >= 0.6 is 0 Å². The summed E-state index contributed by atoms with van der Waals surface area (Å²) in [4.78, 5) is 19.5. The van der Waals surface area contributed by atoms with Crippen molar-refractivity contribution in [1.29, 1.82) is 0 Å². The van der Waals surface area contributed by atoms with Gasteiger partial charge in [-0.05, 0) is 81.0 Å². The number of rotatable bonds is 11. The van der Waals surface area contributed by atoms with Gasteiger partial charge in [0.1, 0.15) is 18.1 Å². The van der Waals surface area contributed by atoms with Crippen LogP contribution in [0.15, 0.2) is 71.8 Å². The maximum atomic E-state index is 13.8. The summed E-state index contributed by atoms with van der Waals surface area (Å²) in [5.74, 6) is 1.79. The molecule has 1 atom stereocenters. The van der Waals surface area contributed by atoms with Gasteiger partial charge in [0.05, 0.1) is 23.2 Å². The molecule has 0 bridgehead atoms. The van der Waals surface area contributed by atoms with E-state index >= 15 is 0 Å². The third kappa shape index (κ3) is 7.18. The van der Waals surface area contributed by atoms with Crippen molar-refractivity contribution in [2.24, 2.45) is 5.92 Å². The summed E-state index contributed by atoms with van der Waals surface area (Å²) < 4.78 is 57.3. The van der Waals surface area contributed by atoms with Gasteiger partial charge in [0, 0.05) is 18.8 Å². The molecule has 12 heteroatoms. The van der Waals surface area contributed by atoms with Gasteiger partial charge in [-0.2, -0.15) is 4.31 Å². The first-order valence-corrected chi connectivity index (χ1v) is 16.7. The summed E-state index contributed by atoms with van der Waals surface area (Å²) in [6, 6.07) is 17.6. The van der Waals surface area contributed by atoms with Gasteiger partial charge in [-0.15, -0.1) is 0 Å². The Morgan fingerprint density at radius 2 is 1.82 bits per heavy atom. The normalized spacial score (nSPS) is 19.3. The van der Waals surface area contributed by atoms with Crippen molar-refractivity contribution in [1.82, 2.24) is 14.2 Å². The van der Waals surface area contributed by atoms with E-state index in [0.29, 0.717) is 31.1 Å². The van der Waals surface area contributed by atoms with Gasteiger partial charge in [0.2, 0.25) is 16.8 Å². The van der Waals surface area contributed by atoms with Crippen LogP contribution in [0.3, 0.4) is 0 Å². The Bertz CT molecular complexity index is 1580. The molecule has 2 aliphatic heterocycles. The molecule has 1 aromatic heterocycles. The minimum absolute atomic E-state index is 0.0426. The third-order valence-corrected chi connectivity index (χ3v) is 10.3. The van der Waals surface area contributed by atoms with E-state index in [1.165, 1.54) is 16.4 Å². The predicted molar refractivity (Wildman–Crippen MR) is 164 cm³/mol. The predicted octanol–water partition coefficient (Wildman–Crippen LogP) is 5.34. The molecule has 1 amide bonds. The molecule has 3 heterocycles. The molecule has 1 saturated carbocycles. The zero-order chi connectivity index (χ0) is 31.4. The minimum Gasteiger partial charge on any atom is -0.487 e. The second kappa shape index (κ2) is 13.2. The average molecular weight is 638 g/mol. The van der Waals surface area contributed by atoms with Crippen LogP contribution in [0, 0.1) is 5.92 Å². The maximum absolute atomic E-state index is 13.8. The number of carbonyl (C=O) groups is 1. The Hall–Kier alpha value is -3.87. The van der Waals surface area contributed by atoms with E-state index in [4.69, 9.17) is 23.7 Å². The molecule has 0 N–H and O–H groups in total. The molecular formula is C33H39N3O8S. The number of fused-ring (bicyclic) bond motifs is 1. The van der Waals surface area contributed by atoms with Crippen LogP contribution in [0.5, 0.6) is 17.2 Å². The number of aromatic nitrogens is 1. The van der Waals surface area contributed by atoms with Gasteiger partial charge in [-0.25, -0.2) is 13.2 Å². The van der Waals surface area contributed by atoms with Crippen molar-refractivity contribution in [2.45, 2.75) is 69.2 Å². The van der Waals surface area contributed by atoms with Gasteiger partial charge in [0.15, 0.2) is 18.2 Å². The minimum atomic E-state index is -3.99. The average Bonchev–Trinajstić information content (AvgIpc) is 3.79. The second-order valence-corrected chi connectivity index (χ2v) is 14.0. The lowest BCUT2D eigenvalue weighted by atomic mass is 10.0. The summed E-state index contributed by atoms with van der Waals surface area (Å²) in [7, 11) is -3.99. The molecule has 0 spiro atoms. The van der Waals surface area contributed by atoms with Crippen molar-refractivity contribution < 1.29 is 36.9 Å². The first kappa shape index (κ1) is 31.1. The molecule has 1 saturated heterocycles. The molecular weight excluding hydrogens is 598 g/mol. The van der Waals surface area contributed by atoms with E-state index in [-0.39, 0.29) is 30.2 Å². The van der Waals surface area contributed by atoms with Crippen LogP contribution < -0.4 is 14.2 Å². The van der Waals surface area contributed by atoms with Crippen molar-refractivity contribution in [2.75, 3.05) is 26.7 Å². The van der Waals surface area contributed by atoms with Gasteiger partial charge >= 0.3 is 6.09 Å². The second-order valence-electron chi connectivity index (χ2n) is 12.1. The van der Waals surface area contributed by atoms with Crippen molar-refractivity contribution in [3.63, 3.8) is 0 Å². The van der Waals surface area contributed by atoms with Gasteiger partial charge in [-0.3, -0.25) is 9.88 Å². The number of amides is 1. The van der Waals surface area contributed by atoms with Crippen LogP contribution in [0.1, 0.15) is 50.8 Å². The van der Waals surface area contributed by atoms with Crippen LogP contribution in [0.4, 0.5) is 4.79 Å². The van der Waals surface area contributed by atoms with E-state index in [0.717, 1.165) is 42.7 Å². The van der Waals surface area contributed by atoms with Gasteiger partial charge in [0.25, 0.3) is 0 Å². The van der Waals surface area contributed by atoms with Gasteiger partial charge in [-0.1, -0.05) is 31.0 Å². The van der Waals surface area contributed by atoms with E-state index in [1.807, 2.05) is 56.3 Å². The van der Waals surface area contributed by atoms with E-state index in [1.54, 1.807) is 17.2 Å². The number of sulfonamides is 1. The summed E-state index contributed by atoms with van der Waals surface area (Å²) in [6.07, 6.45) is 5.61. The number of ether oxygens (including phenoxy) is 5. The first-order valence-electron chi connectivity index (χ1n) is 15.3. The molecule has 2 aromatic carbocycles. The highest BCUT2D eigenvalue weighted by atomic mass is 32.2. The van der Waals surface area contributed by atoms with Crippen LogP contribution in [0.2, 0.25) is 0 Å². The largest absolute Gasteiger partial charge is 0.487 e. The molecule has 0 radical (unpaired) electrons. The van der Waals surface area contributed by atoms with Crippen LogP contribution in [0.25, 0.3) is 0 Å². The SMILES string of the molecule is CC1(C)OCC(Cc2ccc(OCc3ccccn3)cc2)N1C(=O)OCN(CC1CCCC1)S(=O)(=O)c1ccc2c(c1)OCO2. The fourth-order valence-corrected chi connectivity index (χ4v) is 7.51. The van der Waals surface area contributed by atoms with E-state index in [2.05, 4.69) is 4.98 Å². The molecule has 11 nitrogen and oxygen atoms in total. The smallest absolute Gasteiger partial charge is 0.413 e. The van der Waals surface area contributed by atoms with E-state index < -0.39 is 28.6 Å². The zero-order valence-electron chi connectivity index (χ0n) is 25.6. The first-order chi connectivity index (χ1) is 21.7. The Morgan fingerprint density at radius 3 is 2.58 bits per heavy atom. The Morgan fingerprint density at radius 1 is 1.04 bits per heavy atom. The zero-order valence-corrected chi connectivity index (χ0v) is 26.4. The van der Waals surface area contributed by atoms with E-state index in [9.17, 15) is 13.2 Å². The number of hydrogen-bond donors (Lipinski definition) is 0. The number of pyridine rings is 1. The highest BCUT2D eigenvalue weighted by Crippen LogP contribution is 2.36. The van der Waals surface area contributed by atoms with Crippen molar-refractivity contribution in [3.8, 4) is 17.2 Å². The standard InChI is InChI=1S/C33H39N3O8S/c1-33(2)36(27(21-44-33)17-24-10-12-28(13-11-24)40-20-26-9-5-6-16-34-26)32(37)41-22-35(19-25-7-3-4-8-25)45(38,39)29-14-15-30-31(18-29)43-23-42-30/h5-6,9-16,18,25,27H,3-4,7-8,17,19-23H2,1-2H3. The highest BCUT2D eigenvalue weighted by molar-refractivity contribution is 7.89. The summed E-state index contributed by atoms with van der Waals surface area (Å²) >= 11 is 0. The molecule has 45 heavy (non-hydrogen) atoms. The highest BCUT2D eigenvalue weighted by Gasteiger charge is 2.45. The monoisotopic (exact) mass is 637 g/mol. The number of hydrogen-bond acceptors (Lipinski definition) is 9. The molecule has 1 unspecified atom stereocenters. The summed E-state index contributed by atoms with van der Waals surface area (Å²) in [5.41, 5.74) is 0.907.